The van der Waals surface area contributed by atoms with E-state index in [-0.39, 0.29) is 0 Å². The van der Waals surface area contributed by atoms with Crippen LogP contribution in [0, 0.1) is 0 Å². The zero-order valence-electron chi connectivity index (χ0n) is 19.3. The molecule has 1 aromatic carbocycles. The number of hydrogen-bond donors (Lipinski definition) is 0. The van der Waals surface area contributed by atoms with Crippen LogP contribution in [0.25, 0.3) is 0 Å². The molecule has 0 aromatic heterocycles. The lowest BCUT2D eigenvalue weighted by Crippen LogP contribution is -2.43. The summed E-state index contributed by atoms with van der Waals surface area (Å²) in [6, 6.07) is 8.38. The van der Waals surface area contributed by atoms with Gasteiger partial charge in [0.25, 0.3) is 0 Å². The smallest absolute Gasteiger partial charge is 0.354 e. The van der Waals surface area contributed by atoms with Gasteiger partial charge in [-0.3, -0.25) is 9.48 Å². The number of rotatable bonds is 13. The minimum Gasteiger partial charge on any atom is -0.493 e. The molecule has 0 heterocycles. The number of guanidine groups is 1. The summed E-state index contributed by atoms with van der Waals surface area (Å²) in [5.41, 5.74) is 1.14. The van der Waals surface area contributed by atoms with Crippen molar-refractivity contribution in [2.45, 2.75) is 71.1 Å². The fraction of sp³-hybridized carbons (Fsp3) is 0.708. The SMILES string of the molecule is CCCCCCCCCCCCOc1cccc(N(C)C(N(C)C)=[N+](C)C)c1. The van der Waals surface area contributed by atoms with Gasteiger partial charge in [-0.15, -0.1) is 0 Å². The number of benzene rings is 1. The molecule has 28 heavy (non-hydrogen) atoms. The predicted octanol–water partition coefficient (Wildman–Crippen LogP) is 5.61. The topological polar surface area (TPSA) is 18.7 Å². The molecule has 0 aliphatic carbocycles. The van der Waals surface area contributed by atoms with Crippen LogP contribution in [0.2, 0.25) is 0 Å². The van der Waals surface area contributed by atoms with Gasteiger partial charge in [-0.1, -0.05) is 70.8 Å². The molecule has 0 saturated carbocycles. The molecule has 1 aromatic rings. The van der Waals surface area contributed by atoms with Gasteiger partial charge >= 0.3 is 5.96 Å². The second-order valence-corrected chi connectivity index (χ2v) is 8.18. The van der Waals surface area contributed by atoms with E-state index in [1.807, 2.05) is 0 Å². The van der Waals surface area contributed by atoms with Crippen LogP contribution < -0.4 is 9.64 Å². The van der Waals surface area contributed by atoms with Crippen LogP contribution in [0.3, 0.4) is 0 Å². The second-order valence-electron chi connectivity index (χ2n) is 8.18. The molecule has 0 amide bonds. The van der Waals surface area contributed by atoms with E-state index in [0.29, 0.717) is 0 Å². The van der Waals surface area contributed by atoms with Gasteiger partial charge in [0.05, 0.1) is 41.8 Å². The van der Waals surface area contributed by atoms with E-state index in [0.717, 1.165) is 30.4 Å². The molecular weight excluding hydrogens is 346 g/mol. The third-order valence-electron chi connectivity index (χ3n) is 5.07. The molecule has 0 saturated heterocycles. The van der Waals surface area contributed by atoms with Crippen molar-refractivity contribution < 1.29 is 9.31 Å². The van der Waals surface area contributed by atoms with Crippen LogP contribution in [0.1, 0.15) is 71.1 Å². The van der Waals surface area contributed by atoms with Crippen LogP contribution in [0.4, 0.5) is 5.69 Å². The summed E-state index contributed by atoms with van der Waals surface area (Å²) in [5, 5.41) is 0. The van der Waals surface area contributed by atoms with Crippen LogP contribution in [0.15, 0.2) is 24.3 Å². The van der Waals surface area contributed by atoms with Crippen molar-refractivity contribution in [2.75, 3.05) is 46.7 Å². The first-order chi connectivity index (χ1) is 13.5. The Balaban J connectivity index is 2.30. The molecule has 0 radical (unpaired) electrons. The van der Waals surface area contributed by atoms with Gasteiger partial charge in [-0.05, 0) is 18.6 Å². The Morgan fingerprint density at radius 2 is 1.43 bits per heavy atom. The van der Waals surface area contributed by atoms with E-state index >= 15 is 0 Å². The van der Waals surface area contributed by atoms with Gasteiger partial charge in [-0.25, -0.2) is 4.90 Å². The van der Waals surface area contributed by atoms with Crippen molar-refractivity contribution >= 4 is 11.6 Å². The number of ether oxygens (including phenoxy) is 1. The van der Waals surface area contributed by atoms with E-state index < -0.39 is 0 Å². The molecule has 0 atom stereocenters. The lowest BCUT2D eigenvalue weighted by atomic mass is 10.1. The van der Waals surface area contributed by atoms with Crippen molar-refractivity contribution in [1.29, 1.82) is 0 Å². The molecule has 4 nitrogen and oxygen atoms in total. The standard InChI is InChI=1S/C24H44N3O/c1-7-8-9-10-11-12-13-14-15-16-20-28-23-19-17-18-22(21-23)27(6)24(25(2)3)26(4)5/h17-19,21H,7-16,20H2,1-6H3/q+1. The number of hydrogen-bond acceptors (Lipinski definition) is 1. The molecule has 1 rings (SSSR count). The van der Waals surface area contributed by atoms with Gasteiger partial charge in [0.1, 0.15) is 11.4 Å². The van der Waals surface area contributed by atoms with Crippen molar-refractivity contribution in [1.82, 2.24) is 4.90 Å². The van der Waals surface area contributed by atoms with E-state index in [1.54, 1.807) is 0 Å². The van der Waals surface area contributed by atoms with E-state index in [9.17, 15) is 0 Å². The van der Waals surface area contributed by atoms with Crippen molar-refractivity contribution in [3.8, 4) is 5.75 Å². The molecule has 0 bridgehead atoms. The first kappa shape index (κ1) is 24.3. The Kier molecular flexibility index (Phi) is 12.4. The van der Waals surface area contributed by atoms with Crippen LogP contribution in [0.5, 0.6) is 5.75 Å². The largest absolute Gasteiger partial charge is 0.493 e. The quantitative estimate of drug-likeness (QED) is 0.189. The molecule has 0 aliphatic heterocycles. The summed E-state index contributed by atoms with van der Waals surface area (Å²) >= 11 is 0. The molecule has 0 N–H and O–H groups in total. The van der Waals surface area contributed by atoms with Gasteiger partial charge in [-0.2, -0.15) is 0 Å². The number of anilines is 1. The maximum absolute atomic E-state index is 6.01. The number of nitrogens with zero attached hydrogens (tertiary/aromatic N) is 3. The second kappa shape index (κ2) is 14.3. The molecule has 160 valence electrons. The van der Waals surface area contributed by atoms with Crippen molar-refractivity contribution in [3.63, 3.8) is 0 Å². The minimum absolute atomic E-state index is 0.807. The van der Waals surface area contributed by atoms with Crippen molar-refractivity contribution in [2.24, 2.45) is 0 Å². The highest BCUT2D eigenvalue weighted by atomic mass is 16.5. The molecule has 0 fully saturated rings. The van der Waals surface area contributed by atoms with Crippen LogP contribution in [-0.4, -0.2) is 57.3 Å². The first-order valence-corrected chi connectivity index (χ1v) is 11.2. The Morgan fingerprint density at radius 1 is 0.857 bits per heavy atom. The maximum atomic E-state index is 6.01. The van der Waals surface area contributed by atoms with Crippen LogP contribution in [-0.2, 0) is 0 Å². The van der Waals surface area contributed by atoms with Gasteiger partial charge in [0, 0.05) is 6.07 Å². The Labute approximate surface area is 174 Å². The summed E-state index contributed by atoms with van der Waals surface area (Å²) in [5.74, 6) is 2.09. The maximum Gasteiger partial charge on any atom is 0.354 e. The average Bonchev–Trinajstić information content (AvgIpc) is 2.65. The summed E-state index contributed by atoms with van der Waals surface area (Å²) in [7, 11) is 10.4. The molecule has 0 spiro atoms. The Morgan fingerprint density at radius 3 is 1.96 bits per heavy atom. The third kappa shape index (κ3) is 9.48. The highest BCUT2D eigenvalue weighted by molar-refractivity contribution is 5.91. The summed E-state index contributed by atoms with van der Waals surface area (Å²) < 4.78 is 8.13. The first-order valence-electron chi connectivity index (χ1n) is 11.2. The van der Waals surface area contributed by atoms with Crippen molar-refractivity contribution in [3.05, 3.63) is 24.3 Å². The number of unbranched alkanes of at least 4 members (excludes halogenated alkanes) is 9. The molecular formula is C24H44N3O+. The van der Waals surface area contributed by atoms with E-state index in [2.05, 4.69) is 80.8 Å². The normalized spacial score (nSPS) is 10.6. The highest BCUT2D eigenvalue weighted by Gasteiger charge is 2.20. The third-order valence-corrected chi connectivity index (χ3v) is 5.07. The van der Waals surface area contributed by atoms with Gasteiger partial charge in [0.2, 0.25) is 0 Å². The summed E-state index contributed by atoms with van der Waals surface area (Å²) in [4.78, 5) is 4.31. The highest BCUT2D eigenvalue weighted by Crippen LogP contribution is 2.21. The van der Waals surface area contributed by atoms with E-state index in [1.165, 1.54) is 57.8 Å². The molecule has 0 aliphatic rings. The fourth-order valence-electron chi connectivity index (χ4n) is 3.68. The minimum atomic E-state index is 0.807. The monoisotopic (exact) mass is 390 g/mol. The molecule has 0 unspecified atom stereocenters. The lowest BCUT2D eigenvalue weighted by molar-refractivity contribution is -0.470. The summed E-state index contributed by atoms with van der Waals surface area (Å²) in [6.07, 6.45) is 13.5. The van der Waals surface area contributed by atoms with Gasteiger partial charge < -0.3 is 4.74 Å². The van der Waals surface area contributed by atoms with E-state index in [4.69, 9.17) is 4.74 Å². The zero-order chi connectivity index (χ0) is 20.8. The summed E-state index contributed by atoms with van der Waals surface area (Å²) in [6.45, 7) is 3.08. The average molecular weight is 391 g/mol. The van der Waals surface area contributed by atoms with Crippen LogP contribution >= 0.6 is 0 Å². The predicted molar refractivity (Wildman–Crippen MR) is 123 cm³/mol. The lowest BCUT2D eigenvalue weighted by Gasteiger charge is -2.21. The van der Waals surface area contributed by atoms with Gasteiger partial charge in [0.15, 0.2) is 0 Å². The Bertz CT molecular complexity index is 565. The fourth-order valence-corrected chi connectivity index (χ4v) is 3.68. The zero-order valence-corrected chi connectivity index (χ0v) is 19.3. The molecule has 4 heteroatoms. The Hall–Kier alpha value is -1.71.